The van der Waals surface area contributed by atoms with Crippen molar-refractivity contribution in [2.24, 2.45) is 17.8 Å². The van der Waals surface area contributed by atoms with Gasteiger partial charge in [0.1, 0.15) is 17.5 Å². The van der Waals surface area contributed by atoms with E-state index in [2.05, 4.69) is 30.9 Å². The number of benzene rings is 1. The van der Waals surface area contributed by atoms with E-state index in [9.17, 15) is 4.79 Å². The Balaban J connectivity index is 1.28. The highest BCUT2D eigenvalue weighted by atomic mass is 16.5. The van der Waals surface area contributed by atoms with Gasteiger partial charge in [-0.2, -0.15) is 10.2 Å². The molecule has 0 aliphatic heterocycles. The molecule has 1 amide bonds. The fraction of sp³-hybridized carbons (Fsp3) is 0.423. The normalized spacial score (nSPS) is 16.6. The molecule has 3 heterocycles. The molecule has 1 aromatic carbocycles. The summed E-state index contributed by atoms with van der Waals surface area (Å²) in [4.78, 5) is 18.5. The van der Waals surface area contributed by atoms with Crippen molar-refractivity contribution in [3.63, 3.8) is 0 Å². The predicted molar refractivity (Wildman–Crippen MR) is 130 cm³/mol. The van der Waals surface area contributed by atoms with E-state index in [-0.39, 0.29) is 17.7 Å². The number of amides is 1. The van der Waals surface area contributed by atoms with E-state index >= 15 is 0 Å². The second kappa shape index (κ2) is 8.48. The lowest BCUT2D eigenvalue weighted by atomic mass is 9.82. The van der Waals surface area contributed by atoms with Crippen LogP contribution in [0.15, 0.2) is 35.0 Å². The van der Waals surface area contributed by atoms with Gasteiger partial charge in [0.25, 0.3) is 0 Å². The van der Waals surface area contributed by atoms with Crippen LogP contribution in [0.3, 0.4) is 0 Å². The Morgan fingerprint density at radius 1 is 1.03 bits per heavy atom. The number of hydrogen-bond acceptors (Lipinski definition) is 6. The zero-order valence-corrected chi connectivity index (χ0v) is 20.1. The minimum Gasteiger partial charge on any atom is -0.361 e. The van der Waals surface area contributed by atoms with Gasteiger partial charge in [-0.25, -0.2) is 4.98 Å². The predicted octanol–water partition coefficient (Wildman–Crippen LogP) is 4.93. The Morgan fingerprint density at radius 3 is 2.31 bits per heavy atom. The molecule has 6 rings (SSSR count). The van der Waals surface area contributed by atoms with Crippen LogP contribution < -0.4 is 5.32 Å². The van der Waals surface area contributed by atoms with Crippen molar-refractivity contribution in [2.45, 2.75) is 52.4 Å². The molecule has 2 aliphatic rings. The van der Waals surface area contributed by atoms with Crippen molar-refractivity contribution in [2.75, 3.05) is 5.32 Å². The Hall–Kier alpha value is -3.75. The van der Waals surface area contributed by atoms with Crippen LogP contribution in [0.1, 0.15) is 54.6 Å². The second-order valence-corrected chi connectivity index (χ2v) is 9.95. The average molecular weight is 472 g/mol. The summed E-state index contributed by atoms with van der Waals surface area (Å²) in [6.07, 6.45) is 6.31. The van der Waals surface area contributed by atoms with Gasteiger partial charge in [-0.05, 0) is 81.9 Å². The van der Waals surface area contributed by atoms with Gasteiger partial charge in [-0.3, -0.25) is 15.0 Å². The molecule has 0 bridgehead atoms. The molecule has 4 aromatic rings. The molecule has 3 N–H and O–H groups in total. The molecule has 1 unspecified atom stereocenters. The Bertz CT molecular complexity index is 1330. The van der Waals surface area contributed by atoms with Crippen molar-refractivity contribution < 1.29 is 9.32 Å². The zero-order valence-electron chi connectivity index (χ0n) is 20.1. The van der Waals surface area contributed by atoms with Gasteiger partial charge < -0.3 is 9.84 Å². The summed E-state index contributed by atoms with van der Waals surface area (Å²) in [5.41, 5.74) is 5.66. The van der Waals surface area contributed by atoms with E-state index in [0.717, 1.165) is 33.8 Å². The van der Waals surface area contributed by atoms with E-state index < -0.39 is 0 Å². The van der Waals surface area contributed by atoms with E-state index in [0.29, 0.717) is 29.2 Å². The van der Waals surface area contributed by atoms with Crippen LogP contribution in [0.4, 0.5) is 5.69 Å². The third-order valence-corrected chi connectivity index (χ3v) is 7.36. The standard InChI is InChI=1S/C26H29N7O2/c1-13-21(14(2)31-30-13)16-8-10-19(11-9-16)28-26(34)23(22(17-4-5-17)18-6-7-18)25-29-24(32-33-25)20-12-27-35-15(20)3/h8-12,17-18,22-23H,4-7H2,1-3H3,(H,28,34)(H,30,31)(H,29,32,33). The highest BCUT2D eigenvalue weighted by Gasteiger charge is 2.49. The van der Waals surface area contributed by atoms with E-state index in [1.807, 2.05) is 45.0 Å². The van der Waals surface area contributed by atoms with Crippen molar-refractivity contribution >= 4 is 11.6 Å². The zero-order chi connectivity index (χ0) is 24.1. The molecule has 9 heteroatoms. The summed E-state index contributed by atoms with van der Waals surface area (Å²) in [5.74, 6) is 2.77. The summed E-state index contributed by atoms with van der Waals surface area (Å²) >= 11 is 0. The maximum Gasteiger partial charge on any atom is 0.235 e. The summed E-state index contributed by atoms with van der Waals surface area (Å²) in [5, 5.41) is 21.8. The number of rotatable bonds is 8. The van der Waals surface area contributed by atoms with Gasteiger partial charge >= 0.3 is 0 Å². The summed E-state index contributed by atoms with van der Waals surface area (Å²) in [6.45, 7) is 5.83. The van der Waals surface area contributed by atoms with Crippen LogP contribution >= 0.6 is 0 Å². The molecule has 3 aromatic heterocycles. The van der Waals surface area contributed by atoms with Gasteiger partial charge in [0.2, 0.25) is 5.91 Å². The first-order chi connectivity index (χ1) is 17.0. The van der Waals surface area contributed by atoms with Gasteiger partial charge in [-0.15, -0.1) is 0 Å². The number of H-pyrrole nitrogens is 2. The van der Waals surface area contributed by atoms with Crippen LogP contribution in [0.25, 0.3) is 22.5 Å². The van der Waals surface area contributed by atoms with Crippen molar-refractivity contribution in [1.29, 1.82) is 0 Å². The van der Waals surface area contributed by atoms with Crippen molar-refractivity contribution in [3.8, 4) is 22.5 Å². The third kappa shape index (κ3) is 4.15. The molecule has 2 saturated carbocycles. The Morgan fingerprint density at radius 2 is 1.74 bits per heavy atom. The van der Waals surface area contributed by atoms with Crippen LogP contribution in [0, 0.1) is 38.5 Å². The van der Waals surface area contributed by atoms with Crippen LogP contribution in [-0.4, -0.2) is 36.4 Å². The number of nitrogens with zero attached hydrogens (tertiary/aromatic N) is 4. The van der Waals surface area contributed by atoms with Crippen molar-refractivity contribution in [3.05, 3.63) is 53.4 Å². The number of hydrogen-bond donors (Lipinski definition) is 3. The van der Waals surface area contributed by atoms with E-state index in [1.165, 1.54) is 25.7 Å². The molecule has 0 saturated heterocycles. The van der Waals surface area contributed by atoms with E-state index in [4.69, 9.17) is 9.51 Å². The lowest BCUT2D eigenvalue weighted by Gasteiger charge is -2.24. The molecule has 180 valence electrons. The molecule has 35 heavy (non-hydrogen) atoms. The summed E-state index contributed by atoms with van der Waals surface area (Å²) in [6, 6.07) is 7.95. The number of aryl methyl sites for hydroxylation is 3. The maximum absolute atomic E-state index is 13.8. The Kier molecular flexibility index (Phi) is 5.27. The smallest absolute Gasteiger partial charge is 0.235 e. The van der Waals surface area contributed by atoms with Gasteiger partial charge in [0, 0.05) is 16.9 Å². The summed E-state index contributed by atoms with van der Waals surface area (Å²) < 4.78 is 5.18. The molecule has 2 aliphatic carbocycles. The SMILES string of the molecule is Cc1n[nH]c(C)c1-c1ccc(NC(=O)C(c2nc(-c3cnoc3C)n[nH]2)C(C2CC2)C2CC2)cc1. The van der Waals surface area contributed by atoms with Crippen LogP contribution in [-0.2, 0) is 4.79 Å². The lowest BCUT2D eigenvalue weighted by molar-refractivity contribution is -0.119. The quantitative estimate of drug-likeness (QED) is 0.334. The fourth-order valence-electron chi connectivity index (χ4n) is 5.34. The number of carbonyl (C=O) groups is 1. The number of aromatic nitrogens is 6. The molecular formula is C26H29N7O2. The molecule has 2 fully saturated rings. The lowest BCUT2D eigenvalue weighted by Crippen LogP contribution is -2.31. The monoisotopic (exact) mass is 471 g/mol. The summed E-state index contributed by atoms with van der Waals surface area (Å²) in [7, 11) is 0. The number of nitrogens with one attached hydrogen (secondary N) is 3. The number of carbonyl (C=O) groups excluding carboxylic acids is 1. The Labute approximate surface area is 203 Å². The van der Waals surface area contributed by atoms with Gasteiger partial charge in [0.15, 0.2) is 5.82 Å². The molecule has 0 radical (unpaired) electrons. The van der Waals surface area contributed by atoms with E-state index in [1.54, 1.807) is 6.20 Å². The number of aromatic amines is 2. The minimum absolute atomic E-state index is 0.0398. The minimum atomic E-state index is -0.380. The van der Waals surface area contributed by atoms with Crippen LogP contribution in [0.2, 0.25) is 0 Å². The average Bonchev–Trinajstić information content (AvgIpc) is 3.75. The number of anilines is 1. The van der Waals surface area contributed by atoms with Crippen LogP contribution in [0.5, 0.6) is 0 Å². The fourth-order valence-corrected chi connectivity index (χ4v) is 5.34. The second-order valence-electron chi connectivity index (χ2n) is 9.95. The maximum atomic E-state index is 13.8. The van der Waals surface area contributed by atoms with Crippen molar-refractivity contribution in [1.82, 2.24) is 30.5 Å². The van der Waals surface area contributed by atoms with Gasteiger partial charge in [0.05, 0.1) is 17.5 Å². The first-order valence-electron chi connectivity index (χ1n) is 12.3. The first-order valence-corrected chi connectivity index (χ1v) is 12.3. The third-order valence-electron chi connectivity index (χ3n) is 7.36. The topological polar surface area (TPSA) is 125 Å². The highest BCUT2D eigenvalue weighted by molar-refractivity contribution is 5.96. The largest absolute Gasteiger partial charge is 0.361 e. The van der Waals surface area contributed by atoms with Gasteiger partial charge in [-0.1, -0.05) is 17.3 Å². The molecule has 9 nitrogen and oxygen atoms in total. The molecular weight excluding hydrogens is 442 g/mol. The first kappa shape index (κ1) is 21.8. The highest BCUT2D eigenvalue weighted by Crippen LogP contribution is 2.54. The molecule has 1 atom stereocenters. The molecule has 0 spiro atoms.